The Hall–Kier alpha value is -1.06. The summed E-state index contributed by atoms with van der Waals surface area (Å²) in [6.07, 6.45) is 3.63. The zero-order chi connectivity index (χ0) is 11.1. The fourth-order valence-corrected chi connectivity index (χ4v) is 2.52. The van der Waals surface area contributed by atoms with Crippen LogP contribution in [0.15, 0.2) is 0 Å². The molecule has 2 aliphatic rings. The Morgan fingerprint density at radius 2 is 1.87 bits per heavy atom. The first kappa shape index (κ1) is 10.5. The van der Waals surface area contributed by atoms with Gasteiger partial charge in [-0.25, -0.2) is 0 Å². The van der Waals surface area contributed by atoms with Gasteiger partial charge in [0.15, 0.2) is 0 Å². The first-order valence-electron chi connectivity index (χ1n) is 5.68. The third-order valence-corrected chi connectivity index (χ3v) is 3.49. The van der Waals surface area contributed by atoms with E-state index in [1.54, 1.807) is 0 Å². The van der Waals surface area contributed by atoms with Crippen LogP contribution < -0.4 is 10.6 Å². The average Bonchev–Trinajstić information content (AvgIpc) is 2.60. The number of piperazine rings is 1. The normalized spacial score (nSPS) is 29.4. The highest BCUT2D eigenvalue weighted by Crippen LogP contribution is 2.32. The molecule has 1 saturated carbocycles. The number of carbonyl (C=O) groups excluding carboxylic acids is 2. The molecular formula is C11H18N2O2. The van der Waals surface area contributed by atoms with Gasteiger partial charge in [0.1, 0.15) is 11.6 Å². The fraction of sp³-hybridized carbons (Fsp3) is 0.818. The SMILES string of the molecule is CC(C)[C@@H]1NC(=O)C2(CCCC2)NC1=O. The summed E-state index contributed by atoms with van der Waals surface area (Å²) in [6.45, 7) is 3.88. The summed E-state index contributed by atoms with van der Waals surface area (Å²) < 4.78 is 0. The lowest BCUT2D eigenvalue weighted by molar-refractivity contribution is -0.142. The lowest BCUT2D eigenvalue weighted by Gasteiger charge is -2.38. The largest absolute Gasteiger partial charge is 0.342 e. The summed E-state index contributed by atoms with van der Waals surface area (Å²) in [5, 5.41) is 5.77. The predicted octanol–water partition coefficient (Wildman–Crippen LogP) is 0.570. The Labute approximate surface area is 89.8 Å². The van der Waals surface area contributed by atoms with E-state index in [1.807, 2.05) is 13.8 Å². The maximum Gasteiger partial charge on any atom is 0.246 e. The maximum absolute atomic E-state index is 12.0. The number of nitrogens with one attached hydrogen (secondary N) is 2. The molecule has 1 saturated heterocycles. The summed E-state index contributed by atoms with van der Waals surface area (Å²) in [5.74, 6) is 0.137. The minimum Gasteiger partial charge on any atom is -0.342 e. The van der Waals surface area contributed by atoms with Crippen LogP contribution in [-0.2, 0) is 9.59 Å². The summed E-state index contributed by atoms with van der Waals surface area (Å²) >= 11 is 0. The molecule has 4 nitrogen and oxygen atoms in total. The van der Waals surface area contributed by atoms with Crippen LogP contribution in [0.5, 0.6) is 0 Å². The first-order chi connectivity index (χ1) is 7.05. The van der Waals surface area contributed by atoms with Gasteiger partial charge < -0.3 is 10.6 Å². The van der Waals surface area contributed by atoms with Crippen molar-refractivity contribution in [2.75, 3.05) is 0 Å². The summed E-state index contributed by atoms with van der Waals surface area (Å²) in [7, 11) is 0. The summed E-state index contributed by atoms with van der Waals surface area (Å²) in [5.41, 5.74) is -0.581. The highest BCUT2D eigenvalue weighted by Gasteiger charge is 2.48. The topological polar surface area (TPSA) is 58.2 Å². The van der Waals surface area contributed by atoms with Crippen molar-refractivity contribution in [2.24, 2.45) is 5.92 Å². The van der Waals surface area contributed by atoms with Crippen molar-refractivity contribution < 1.29 is 9.59 Å². The third-order valence-electron chi connectivity index (χ3n) is 3.49. The van der Waals surface area contributed by atoms with E-state index < -0.39 is 5.54 Å². The highest BCUT2D eigenvalue weighted by molar-refractivity contribution is 6.00. The van der Waals surface area contributed by atoms with Crippen molar-refractivity contribution in [3.63, 3.8) is 0 Å². The maximum atomic E-state index is 12.0. The van der Waals surface area contributed by atoms with E-state index in [4.69, 9.17) is 0 Å². The van der Waals surface area contributed by atoms with Crippen LogP contribution in [0.25, 0.3) is 0 Å². The second-order valence-electron chi connectivity index (χ2n) is 4.97. The van der Waals surface area contributed by atoms with Gasteiger partial charge in [-0.1, -0.05) is 26.7 Å². The molecule has 2 amide bonds. The quantitative estimate of drug-likeness (QED) is 0.664. The zero-order valence-corrected chi connectivity index (χ0v) is 9.30. The molecule has 2 N–H and O–H groups in total. The molecule has 1 aliphatic heterocycles. The van der Waals surface area contributed by atoms with E-state index in [-0.39, 0.29) is 23.8 Å². The molecule has 0 unspecified atom stereocenters. The van der Waals surface area contributed by atoms with Gasteiger partial charge >= 0.3 is 0 Å². The van der Waals surface area contributed by atoms with E-state index in [1.165, 1.54) is 0 Å². The van der Waals surface area contributed by atoms with Crippen LogP contribution in [0.1, 0.15) is 39.5 Å². The molecule has 84 valence electrons. The first-order valence-corrected chi connectivity index (χ1v) is 5.68. The molecule has 0 radical (unpaired) electrons. The van der Waals surface area contributed by atoms with Crippen LogP contribution >= 0.6 is 0 Å². The number of rotatable bonds is 1. The lowest BCUT2D eigenvalue weighted by atomic mass is 9.89. The van der Waals surface area contributed by atoms with Gasteiger partial charge in [-0.15, -0.1) is 0 Å². The lowest BCUT2D eigenvalue weighted by Crippen LogP contribution is -2.69. The average molecular weight is 210 g/mol. The molecule has 4 heteroatoms. The van der Waals surface area contributed by atoms with E-state index in [0.717, 1.165) is 25.7 Å². The van der Waals surface area contributed by atoms with E-state index in [9.17, 15) is 9.59 Å². The molecule has 0 aromatic heterocycles. The van der Waals surface area contributed by atoms with E-state index in [0.29, 0.717) is 0 Å². The van der Waals surface area contributed by atoms with Crippen LogP contribution in [0.3, 0.4) is 0 Å². The molecule has 15 heavy (non-hydrogen) atoms. The van der Waals surface area contributed by atoms with Gasteiger partial charge in [0, 0.05) is 0 Å². The Balaban J connectivity index is 2.16. The Morgan fingerprint density at radius 1 is 1.27 bits per heavy atom. The van der Waals surface area contributed by atoms with Gasteiger partial charge in [-0.2, -0.15) is 0 Å². The minimum absolute atomic E-state index is 0.0123. The molecule has 1 atom stereocenters. The van der Waals surface area contributed by atoms with Crippen LogP contribution in [0, 0.1) is 5.92 Å². The third kappa shape index (κ3) is 1.62. The number of amides is 2. The molecule has 0 aromatic carbocycles. The van der Waals surface area contributed by atoms with Gasteiger partial charge in [0.05, 0.1) is 0 Å². The van der Waals surface area contributed by atoms with Crippen molar-refractivity contribution in [3.8, 4) is 0 Å². The fourth-order valence-electron chi connectivity index (χ4n) is 2.52. The second-order valence-corrected chi connectivity index (χ2v) is 4.97. The molecule has 0 bridgehead atoms. The Morgan fingerprint density at radius 3 is 2.40 bits per heavy atom. The summed E-state index contributed by atoms with van der Waals surface area (Å²) in [4.78, 5) is 23.8. The van der Waals surface area contributed by atoms with E-state index in [2.05, 4.69) is 10.6 Å². The number of hydrogen-bond acceptors (Lipinski definition) is 2. The number of carbonyl (C=O) groups is 2. The highest BCUT2D eigenvalue weighted by atomic mass is 16.2. The van der Waals surface area contributed by atoms with Gasteiger partial charge in [0.25, 0.3) is 0 Å². The predicted molar refractivity (Wildman–Crippen MR) is 56.1 cm³/mol. The number of hydrogen-bond donors (Lipinski definition) is 2. The Kier molecular flexibility index (Phi) is 2.44. The molecule has 2 fully saturated rings. The standard InChI is InChI=1S/C11H18N2O2/c1-7(2)8-9(14)13-11(10(15)12-8)5-3-4-6-11/h7-8H,3-6H2,1-2H3,(H,12,15)(H,13,14)/t8-/m0/s1. The van der Waals surface area contributed by atoms with Crippen molar-refractivity contribution in [2.45, 2.75) is 51.1 Å². The molecule has 1 spiro atoms. The van der Waals surface area contributed by atoms with Crippen molar-refractivity contribution in [1.82, 2.24) is 10.6 Å². The summed E-state index contributed by atoms with van der Waals surface area (Å²) in [6, 6.07) is -0.358. The molecular weight excluding hydrogens is 192 g/mol. The molecule has 0 aromatic rings. The Bertz CT molecular complexity index is 293. The van der Waals surface area contributed by atoms with Crippen LogP contribution in [0.2, 0.25) is 0 Å². The molecule has 1 aliphatic carbocycles. The van der Waals surface area contributed by atoms with Crippen LogP contribution in [-0.4, -0.2) is 23.4 Å². The molecule has 2 rings (SSSR count). The molecule has 1 heterocycles. The second kappa shape index (κ2) is 3.51. The minimum atomic E-state index is -0.581. The van der Waals surface area contributed by atoms with Crippen molar-refractivity contribution >= 4 is 11.8 Å². The van der Waals surface area contributed by atoms with Gasteiger partial charge in [0.2, 0.25) is 11.8 Å². The van der Waals surface area contributed by atoms with Crippen molar-refractivity contribution in [3.05, 3.63) is 0 Å². The monoisotopic (exact) mass is 210 g/mol. The van der Waals surface area contributed by atoms with Crippen LogP contribution in [0.4, 0.5) is 0 Å². The van der Waals surface area contributed by atoms with Crippen molar-refractivity contribution in [1.29, 1.82) is 0 Å². The smallest absolute Gasteiger partial charge is 0.246 e. The van der Waals surface area contributed by atoms with E-state index >= 15 is 0 Å². The van der Waals surface area contributed by atoms with Gasteiger partial charge in [-0.3, -0.25) is 9.59 Å². The zero-order valence-electron chi connectivity index (χ0n) is 9.30. The van der Waals surface area contributed by atoms with Gasteiger partial charge in [-0.05, 0) is 18.8 Å².